The number of carbonyl (C=O) groups is 1. The Labute approximate surface area is 104 Å². The highest BCUT2D eigenvalue weighted by molar-refractivity contribution is 8.01. The Morgan fingerprint density at radius 1 is 1.69 bits per heavy atom. The molecule has 1 amide bonds. The van der Waals surface area contributed by atoms with E-state index in [9.17, 15) is 9.90 Å². The maximum absolute atomic E-state index is 11.6. The lowest BCUT2D eigenvalue weighted by Crippen LogP contribution is -2.51. The molecule has 16 heavy (non-hydrogen) atoms. The van der Waals surface area contributed by atoms with E-state index in [2.05, 4.69) is 5.32 Å². The zero-order chi connectivity index (χ0) is 12.2. The summed E-state index contributed by atoms with van der Waals surface area (Å²) in [6, 6.07) is 3.95. The Kier molecular flexibility index (Phi) is 4.83. The molecule has 2 N–H and O–H groups in total. The first-order chi connectivity index (χ1) is 7.42. The predicted molar refractivity (Wildman–Crippen MR) is 68.9 cm³/mol. The van der Waals surface area contributed by atoms with Gasteiger partial charge in [-0.3, -0.25) is 4.79 Å². The van der Waals surface area contributed by atoms with Crippen LogP contribution in [0, 0.1) is 0 Å². The molecule has 5 heteroatoms. The standard InChI is InChI=1S/C11H17NO2S2/c1-8(13)11(2,3)12-9(14)7-16-10-5-4-6-15-10/h4-6,8,13H,7H2,1-3H3,(H,12,14). The van der Waals surface area contributed by atoms with Crippen molar-refractivity contribution in [3.8, 4) is 0 Å². The number of nitrogens with one attached hydrogen (secondary N) is 1. The first kappa shape index (κ1) is 13.5. The number of aliphatic hydroxyl groups excluding tert-OH is 1. The van der Waals surface area contributed by atoms with Gasteiger partial charge in [-0.05, 0) is 32.2 Å². The zero-order valence-corrected chi connectivity index (χ0v) is 11.3. The van der Waals surface area contributed by atoms with Gasteiger partial charge < -0.3 is 10.4 Å². The van der Waals surface area contributed by atoms with Crippen LogP contribution < -0.4 is 5.32 Å². The molecular formula is C11H17NO2S2. The Bertz CT molecular complexity index is 334. The quantitative estimate of drug-likeness (QED) is 0.796. The fraction of sp³-hybridized carbons (Fsp3) is 0.545. The van der Waals surface area contributed by atoms with Crippen LogP contribution in [0.3, 0.4) is 0 Å². The zero-order valence-electron chi connectivity index (χ0n) is 9.69. The third-order valence-corrected chi connectivity index (χ3v) is 4.48. The second kappa shape index (κ2) is 5.70. The second-order valence-electron chi connectivity index (χ2n) is 4.17. The fourth-order valence-corrected chi connectivity index (χ4v) is 2.57. The maximum atomic E-state index is 11.6. The molecule has 0 fully saturated rings. The van der Waals surface area contributed by atoms with Gasteiger partial charge in [0.05, 0.1) is 21.6 Å². The van der Waals surface area contributed by atoms with E-state index in [1.807, 2.05) is 31.4 Å². The van der Waals surface area contributed by atoms with Crippen LogP contribution >= 0.6 is 23.1 Å². The number of hydrogen-bond donors (Lipinski definition) is 2. The number of carbonyl (C=O) groups excluding carboxylic acids is 1. The molecule has 3 nitrogen and oxygen atoms in total. The van der Waals surface area contributed by atoms with E-state index in [0.29, 0.717) is 5.75 Å². The summed E-state index contributed by atoms with van der Waals surface area (Å²) in [5.41, 5.74) is -0.576. The summed E-state index contributed by atoms with van der Waals surface area (Å²) in [4.78, 5) is 11.6. The minimum Gasteiger partial charge on any atom is -0.391 e. The number of hydrogen-bond acceptors (Lipinski definition) is 4. The monoisotopic (exact) mass is 259 g/mol. The highest BCUT2D eigenvalue weighted by atomic mass is 32.2. The number of aliphatic hydroxyl groups is 1. The van der Waals surface area contributed by atoms with Gasteiger partial charge in [0.25, 0.3) is 0 Å². The molecule has 0 saturated carbocycles. The lowest BCUT2D eigenvalue weighted by atomic mass is 9.99. The summed E-state index contributed by atoms with van der Waals surface area (Å²) >= 11 is 3.14. The molecule has 0 saturated heterocycles. The number of thioether (sulfide) groups is 1. The molecule has 0 spiro atoms. The second-order valence-corrected chi connectivity index (χ2v) is 6.39. The average molecular weight is 259 g/mol. The predicted octanol–water partition coefficient (Wildman–Crippen LogP) is 2.12. The van der Waals surface area contributed by atoms with Gasteiger partial charge in [-0.1, -0.05) is 6.07 Å². The summed E-state index contributed by atoms with van der Waals surface area (Å²) in [6.07, 6.45) is -0.566. The molecule has 1 heterocycles. The van der Waals surface area contributed by atoms with Gasteiger partial charge in [-0.2, -0.15) is 0 Å². The van der Waals surface area contributed by atoms with E-state index in [-0.39, 0.29) is 5.91 Å². The van der Waals surface area contributed by atoms with Crippen LogP contribution in [0.4, 0.5) is 0 Å². The molecule has 0 aliphatic heterocycles. The molecule has 1 aromatic rings. The van der Waals surface area contributed by atoms with Crippen molar-refractivity contribution >= 4 is 29.0 Å². The maximum Gasteiger partial charge on any atom is 0.230 e. The largest absolute Gasteiger partial charge is 0.391 e. The molecule has 0 bridgehead atoms. The van der Waals surface area contributed by atoms with Crippen LogP contribution in [0.15, 0.2) is 21.7 Å². The van der Waals surface area contributed by atoms with Crippen molar-refractivity contribution < 1.29 is 9.90 Å². The van der Waals surface area contributed by atoms with Gasteiger partial charge >= 0.3 is 0 Å². The average Bonchev–Trinajstić information content (AvgIpc) is 2.66. The van der Waals surface area contributed by atoms with Crippen LogP contribution in [0.2, 0.25) is 0 Å². The molecule has 1 aromatic heterocycles. The van der Waals surface area contributed by atoms with Crippen molar-refractivity contribution in [2.75, 3.05) is 5.75 Å². The molecule has 0 aromatic carbocycles. The van der Waals surface area contributed by atoms with Crippen LogP contribution in [-0.2, 0) is 4.79 Å². The van der Waals surface area contributed by atoms with Crippen molar-refractivity contribution in [3.05, 3.63) is 17.5 Å². The van der Waals surface area contributed by atoms with E-state index in [0.717, 1.165) is 4.21 Å². The van der Waals surface area contributed by atoms with Gasteiger partial charge in [-0.15, -0.1) is 23.1 Å². The van der Waals surface area contributed by atoms with Gasteiger partial charge in [0.2, 0.25) is 5.91 Å². The highest BCUT2D eigenvalue weighted by Crippen LogP contribution is 2.23. The third-order valence-electron chi connectivity index (χ3n) is 2.35. The fourth-order valence-electron chi connectivity index (χ4n) is 0.982. The van der Waals surface area contributed by atoms with E-state index in [4.69, 9.17) is 0 Å². The number of thiophene rings is 1. The molecule has 0 aliphatic rings. The first-order valence-electron chi connectivity index (χ1n) is 5.07. The van der Waals surface area contributed by atoms with Gasteiger partial charge in [0, 0.05) is 0 Å². The van der Waals surface area contributed by atoms with Crippen molar-refractivity contribution in [1.29, 1.82) is 0 Å². The minimum absolute atomic E-state index is 0.0516. The van der Waals surface area contributed by atoms with Crippen molar-refractivity contribution in [1.82, 2.24) is 5.32 Å². The summed E-state index contributed by atoms with van der Waals surface area (Å²) < 4.78 is 1.13. The Morgan fingerprint density at radius 2 is 2.38 bits per heavy atom. The summed E-state index contributed by atoms with van der Waals surface area (Å²) in [6.45, 7) is 5.30. The highest BCUT2D eigenvalue weighted by Gasteiger charge is 2.25. The molecular weight excluding hydrogens is 242 g/mol. The van der Waals surface area contributed by atoms with Gasteiger partial charge in [0.15, 0.2) is 0 Å². The SMILES string of the molecule is CC(O)C(C)(C)NC(=O)CSc1cccs1. The van der Waals surface area contributed by atoms with Gasteiger partial charge in [-0.25, -0.2) is 0 Å². The molecule has 90 valence electrons. The third kappa shape index (κ3) is 4.15. The lowest BCUT2D eigenvalue weighted by Gasteiger charge is -2.29. The minimum atomic E-state index is -0.576. The normalized spacial score (nSPS) is 13.5. The Balaban J connectivity index is 2.36. The number of rotatable bonds is 5. The topological polar surface area (TPSA) is 49.3 Å². The van der Waals surface area contributed by atoms with Crippen LogP contribution in [0.5, 0.6) is 0 Å². The molecule has 1 atom stereocenters. The van der Waals surface area contributed by atoms with Gasteiger partial charge in [0.1, 0.15) is 0 Å². The molecule has 0 radical (unpaired) electrons. The first-order valence-corrected chi connectivity index (χ1v) is 6.94. The lowest BCUT2D eigenvalue weighted by molar-refractivity contribution is -0.121. The van der Waals surface area contributed by atoms with Crippen LogP contribution in [-0.4, -0.2) is 28.4 Å². The Hall–Kier alpha value is -0.520. The van der Waals surface area contributed by atoms with Crippen molar-refractivity contribution in [3.63, 3.8) is 0 Å². The van der Waals surface area contributed by atoms with Crippen LogP contribution in [0.25, 0.3) is 0 Å². The van der Waals surface area contributed by atoms with Crippen molar-refractivity contribution in [2.45, 2.75) is 36.6 Å². The van der Waals surface area contributed by atoms with Crippen LogP contribution in [0.1, 0.15) is 20.8 Å². The van der Waals surface area contributed by atoms with Crippen molar-refractivity contribution in [2.24, 2.45) is 0 Å². The van der Waals surface area contributed by atoms with E-state index >= 15 is 0 Å². The van der Waals surface area contributed by atoms with E-state index in [1.54, 1.807) is 18.3 Å². The summed E-state index contributed by atoms with van der Waals surface area (Å²) in [7, 11) is 0. The number of amides is 1. The summed E-state index contributed by atoms with van der Waals surface area (Å²) in [5, 5.41) is 14.3. The van der Waals surface area contributed by atoms with E-state index in [1.165, 1.54) is 11.8 Å². The molecule has 1 rings (SSSR count). The smallest absolute Gasteiger partial charge is 0.230 e. The molecule has 1 unspecified atom stereocenters. The molecule has 0 aliphatic carbocycles. The Morgan fingerprint density at radius 3 is 2.88 bits per heavy atom. The summed E-state index contributed by atoms with van der Waals surface area (Å²) in [5.74, 6) is 0.334. The van der Waals surface area contributed by atoms with E-state index < -0.39 is 11.6 Å².